The van der Waals surface area contributed by atoms with Crippen LogP contribution in [0.5, 0.6) is 0 Å². The standard InChI is InChI=1S/C9H14/c1-2-7-8-5-3-4-6-9(7)8/h2,7-9H,1,3-6H2. The quantitative estimate of drug-likeness (QED) is 0.469. The summed E-state index contributed by atoms with van der Waals surface area (Å²) in [5, 5.41) is 0. The molecule has 0 aliphatic heterocycles. The van der Waals surface area contributed by atoms with Gasteiger partial charge in [-0.05, 0) is 30.6 Å². The summed E-state index contributed by atoms with van der Waals surface area (Å²) >= 11 is 0. The van der Waals surface area contributed by atoms with E-state index in [1.807, 2.05) is 0 Å². The van der Waals surface area contributed by atoms with Gasteiger partial charge in [0.1, 0.15) is 0 Å². The Bertz CT molecular complexity index is 114. The lowest BCUT2D eigenvalue weighted by Crippen LogP contribution is -1.91. The third-order valence-electron chi connectivity index (χ3n) is 2.99. The summed E-state index contributed by atoms with van der Waals surface area (Å²) in [6, 6.07) is 0. The summed E-state index contributed by atoms with van der Waals surface area (Å²) in [5.74, 6) is 3.06. The van der Waals surface area contributed by atoms with Crippen LogP contribution in [-0.2, 0) is 0 Å². The van der Waals surface area contributed by atoms with Gasteiger partial charge in [-0.15, -0.1) is 6.58 Å². The molecule has 2 rings (SSSR count). The van der Waals surface area contributed by atoms with E-state index in [1.54, 1.807) is 0 Å². The van der Waals surface area contributed by atoms with Crippen molar-refractivity contribution in [2.24, 2.45) is 17.8 Å². The van der Waals surface area contributed by atoms with Crippen LogP contribution < -0.4 is 0 Å². The maximum atomic E-state index is 3.85. The van der Waals surface area contributed by atoms with Crippen molar-refractivity contribution in [3.8, 4) is 0 Å². The lowest BCUT2D eigenvalue weighted by atomic mass is 10.0. The van der Waals surface area contributed by atoms with Crippen LogP contribution in [0.15, 0.2) is 12.7 Å². The predicted octanol–water partition coefficient (Wildman–Crippen LogP) is 2.61. The molecule has 0 aromatic carbocycles. The van der Waals surface area contributed by atoms with E-state index in [2.05, 4.69) is 12.7 Å². The fourth-order valence-electron chi connectivity index (χ4n) is 2.40. The van der Waals surface area contributed by atoms with Gasteiger partial charge in [-0.2, -0.15) is 0 Å². The second kappa shape index (κ2) is 1.86. The summed E-state index contributed by atoms with van der Waals surface area (Å²) in [7, 11) is 0. The summed E-state index contributed by atoms with van der Waals surface area (Å²) in [4.78, 5) is 0. The average molecular weight is 122 g/mol. The second-order valence-corrected chi connectivity index (χ2v) is 3.43. The Labute approximate surface area is 57.0 Å². The molecule has 2 atom stereocenters. The molecule has 2 aliphatic rings. The van der Waals surface area contributed by atoms with Gasteiger partial charge in [0.25, 0.3) is 0 Å². The molecule has 0 aromatic rings. The largest absolute Gasteiger partial charge is 0.103 e. The minimum atomic E-state index is 0.924. The second-order valence-electron chi connectivity index (χ2n) is 3.43. The Morgan fingerprint density at radius 2 is 1.67 bits per heavy atom. The molecular weight excluding hydrogens is 108 g/mol. The van der Waals surface area contributed by atoms with Crippen molar-refractivity contribution >= 4 is 0 Å². The van der Waals surface area contributed by atoms with Crippen LogP contribution in [0.4, 0.5) is 0 Å². The van der Waals surface area contributed by atoms with Crippen LogP contribution in [0.1, 0.15) is 25.7 Å². The fraction of sp³-hybridized carbons (Fsp3) is 0.778. The Balaban J connectivity index is 1.98. The van der Waals surface area contributed by atoms with Gasteiger partial charge in [0.05, 0.1) is 0 Å². The van der Waals surface area contributed by atoms with Gasteiger partial charge in [0, 0.05) is 0 Å². The Hall–Kier alpha value is -0.260. The van der Waals surface area contributed by atoms with E-state index in [0.29, 0.717) is 0 Å². The van der Waals surface area contributed by atoms with E-state index in [9.17, 15) is 0 Å². The molecule has 0 N–H and O–H groups in total. The van der Waals surface area contributed by atoms with Crippen molar-refractivity contribution in [1.82, 2.24) is 0 Å². The first-order valence-electron chi connectivity index (χ1n) is 4.06. The number of hydrogen-bond acceptors (Lipinski definition) is 0. The SMILES string of the molecule is C=CC1C2CCCCC12. The third-order valence-corrected chi connectivity index (χ3v) is 2.99. The highest BCUT2D eigenvalue weighted by atomic mass is 14.5. The first-order chi connectivity index (χ1) is 4.43. The van der Waals surface area contributed by atoms with E-state index in [-0.39, 0.29) is 0 Å². The molecule has 50 valence electrons. The molecule has 0 spiro atoms. The maximum Gasteiger partial charge on any atom is -0.0174 e. The zero-order chi connectivity index (χ0) is 6.27. The van der Waals surface area contributed by atoms with Crippen molar-refractivity contribution in [2.45, 2.75) is 25.7 Å². The van der Waals surface area contributed by atoms with Crippen LogP contribution >= 0.6 is 0 Å². The summed E-state index contributed by atoms with van der Waals surface area (Å²) < 4.78 is 0. The molecule has 0 radical (unpaired) electrons. The first-order valence-corrected chi connectivity index (χ1v) is 4.06. The summed E-state index contributed by atoms with van der Waals surface area (Å²) in [6.07, 6.45) is 8.10. The molecule has 0 aromatic heterocycles. The third kappa shape index (κ3) is 0.726. The molecule has 2 saturated carbocycles. The van der Waals surface area contributed by atoms with Crippen LogP contribution in [0.3, 0.4) is 0 Å². The van der Waals surface area contributed by atoms with E-state index >= 15 is 0 Å². The van der Waals surface area contributed by atoms with Crippen LogP contribution in [0, 0.1) is 17.8 Å². The molecule has 0 nitrogen and oxygen atoms in total. The van der Waals surface area contributed by atoms with Gasteiger partial charge in [-0.25, -0.2) is 0 Å². The lowest BCUT2D eigenvalue weighted by Gasteiger charge is -2.04. The van der Waals surface area contributed by atoms with E-state index < -0.39 is 0 Å². The van der Waals surface area contributed by atoms with Gasteiger partial charge in [0.15, 0.2) is 0 Å². The van der Waals surface area contributed by atoms with E-state index in [0.717, 1.165) is 17.8 Å². The van der Waals surface area contributed by atoms with Gasteiger partial charge >= 0.3 is 0 Å². The fourth-order valence-corrected chi connectivity index (χ4v) is 2.40. The van der Waals surface area contributed by atoms with Gasteiger partial charge in [-0.3, -0.25) is 0 Å². The first kappa shape index (κ1) is 5.52. The van der Waals surface area contributed by atoms with Gasteiger partial charge in [0.2, 0.25) is 0 Å². The molecule has 2 unspecified atom stereocenters. The normalized spacial score (nSPS) is 47.8. The van der Waals surface area contributed by atoms with Crippen molar-refractivity contribution in [3.63, 3.8) is 0 Å². The highest BCUT2D eigenvalue weighted by Crippen LogP contribution is 2.55. The highest BCUT2D eigenvalue weighted by molar-refractivity contribution is 5.06. The number of rotatable bonds is 1. The minimum Gasteiger partial charge on any atom is -0.103 e. The number of hydrogen-bond donors (Lipinski definition) is 0. The molecular formula is C9H14. The highest BCUT2D eigenvalue weighted by Gasteiger charge is 2.48. The monoisotopic (exact) mass is 122 g/mol. The molecule has 0 heterocycles. The summed E-state index contributed by atoms with van der Waals surface area (Å²) in [6.45, 7) is 3.85. The van der Waals surface area contributed by atoms with Crippen molar-refractivity contribution in [1.29, 1.82) is 0 Å². The molecule has 9 heavy (non-hydrogen) atoms. The van der Waals surface area contributed by atoms with Crippen LogP contribution in [0.25, 0.3) is 0 Å². The van der Waals surface area contributed by atoms with E-state index in [1.165, 1.54) is 25.7 Å². The molecule has 0 heteroatoms. The van der Waals surface area contributed by atoms with Crippen LogP contribution in [0.2, 0.25) is 0 Å². The predicted molar refractivity (Wildman–Crippen MR) is 39.1 cm³/mol. The topological polar surface area (TPSA) is 0 Å². The molecule has 0 bridgehead atoms. The zero-order valence-corrected chi connectivity index (χ0v) is 5.84. The lowest BCUT2D eigenvalue weighted by molar-refractivity contribution is 0.480. The summed E-state index contributed by atoms with van der Waals surface area (Å²) in [5.41, 5.74) is 0. The molecule has 2 aliphatic carbocycles. The van der Waals surface area contributed by atoms with Crippen molar-refractivity contribution in [3.05, 3.63) is 12.7 Å². The Morgan fingerprint density at radius 1 is 1.11 bits per heavy atom. The van der Waals surface area contributed by atoms with Gasteiger partial charge in [-0.1, -0.05) is 18.9 Å². The Kier molecular flexibility index (Phi) is 1.14. The molecule has 2 fully saturated rings. The van der Waals surface area contributed by atoms with E-state index in [4.69, 9.17) is 0 Å². The van der Waals surface area contributed by atoms with Crippen LogP contribution in [-0.4, -0.2) is 0 Å². The zero-order valence-electron chi connectivity index (χ0n) is 5.84. The maximum absolute atomic E-state index is 3.85. The molecule has 0 saturated heterocycles. The van der Waals surface area contributed by atoms with Gasteiger partial charge < -0.3 is 0 Å². The average Bonchev–Trinajstić information content (AvgIpc) is 2.60. The number of fused-ring (bicyclic) bond motifs is 1. The van der Waals surface area contributed by atoms with Crippen molar-refractivity contribution in [2.75, 3.05) is 0 Å². The molecule has 0 amide bonds. The minimum absolute atomic E-state index is 0.924. The Morgan fingerprint density at radius 3 is 2.11 bits per heavy atom. The number of allylic oxidation sites excluding steroid dienone is 1. The van der Waals surface area contributed by atoms with Crippen molar-refractivity contribution < 1.29 is 0 Å². The smallest absolute Gasteiger partial charge is 0.0174 e.